The molecule has 0 aromatic heterocycles. The van der Waals surface area contributed by atoms with Crippen LogP contribution >= 0.6 is 11.6 Å². The van der Waals surface area contributed by atoms with Crippen molar-refractivity contribution in [2.45, 2.75) is 103 Å². The normalized spacial score (nSPS) is 11.3. The molecule has 0 rings (SSSR count). The Balaban J connectivity index is 2.99. The molecule has 0 aliphatic carbocycles. The fourth-order valence-electron chi connectivity index (χ4n) is 2.58. The van der Waals surface area contributed by atoms with Crippen LogP contribution in [-0.2, 0) is 4.79 Å². The Morgan fingerprint density at radius 2 is 1.14 bits per heavy atom. The van der Waals surface area contributed by atoms with Gasteiger partial charge in [0.05, 0.1) is 0 Å². The number of rotatable bonds is 16. The third-order valence-electron chi connectivity index (χ3n) is 3.90. The van der Waals surface area contributed by atoms with E-state index in [-0.39, 0.29) is 5.24 Å². The number of hydrogen-bond donors (Lipinski definition) is 0. The summed E-state index contributed by atoms with van der Waals surface area (Å²) in [5, 5.41) is -0.184. The molecule has 0 aliphatic rings. The van der Waals surface area contributed by atoms with E-state index in [1.165, 1.54) is 77.0 Å². The molecule has 0 aromatic rings. The van der Waals surface area contributed by atoms with Gasteiger partial charge in [0.15, 0.2) is 0 Å². The van der Waals surface area contributed by atoms with Gasteiger partial charge < -0.3 is 0 Å². The van der Waals surface area contributed by atoms with E-state index >= 15 is 0 Å². The maximum absolute atomic E-state index is 10.6. The Labute approximate surface area is 137 Å². The van der Waals surface area contributed by atoms with Crippen LogP contribution in [-0.4, -0.2) is 5.24 Å². The molecule has 0 heterocycles. The molecular formula is C19H35ClO. The first-order valence-corrected chi connectivity index (χ1v) is 9.48. The molecule has 0 saturated carbocycles. The van der Waals surface area contributed by atoms with Crippen LogP contribution in [0.2, 0.25) is 0 Å². The number of hydrogen-bond acceptors (Lipinski definition) is 1. The molecule has 0 bridgehead atoms. The van der Waals surface area contributed by atoms with E-state index in [0.717, 1.165) is 12.8 Å². The first-order chi connectivity index (χ1) is 10.3. The van der Waals surface area contributed by atoms with Crippen LogP contribution < -0.4 is 0 Å². The molecule has 0 unspecified atom stereocenters. The second kappa shape index (κ2) is 17.8. The second-order valence-corrected chi connectivity index (χ2v) is 6.44. The van der Waals surface area contributed by atoms with Gasteiger partial charge in [-0.2, -0.15) is 0 Å². The number of halogens is 1. The van der Waals surface area contributed by atoms with E-state index in [9.17, 15) is 4.79 Å². The van der Waals surface area contributed by atoms with Gasteiger partial charge in [0.1, 0.15) is 0 Å². The highest BCUT2D eigenvalue weighted by molar-refractivity contribution is 6.63. The first-order valence-electron chi connectivity index (χ1n) is 9.10. The van der Waals surface area contributed by atoms with Gasteiger partial charge >= 0.3 is 0 Å². The fourth-order valence-corrected chi connectivity index (χ4v) is 2.71. The summed E-state index contributed by atoms with van der Waals surface area (Å²) in [5.74, 6) is 0. The van der Waals surface area contributed by atoms with Crippen molar-refractivity contribution >= 4 is 16.8 Å². The van der Waals surface area contributed by atoms with Gasteiger partial charge in [0.25, 0.3) is 0 Å². The highest BCUT2D eigenvalue weighted by Gasteiger charge is 1.96. The molecule has 2 heteroatoms. The van der Waals surface area contributed by atoms with Crippen molar-refractivity contribution in [3.8, 4) is 0 Å². The van der Waals surface area contributed by atoms with E-state index in [2.05, 4.69) is 19.1 Å². The smallest absolute Gasteiger partial charge is 0.221 e. The van der Waals surface area contributed by atoms with Gasteiger partial charge in [-0.1, -0.05) is 83.3 Å². The Morgan fingerprint density at radius 1 is 0.714 bits per heavy atom. The second-order valence-electron chi connectivity index (χ2n) is 6.02. The molecule has 0 amide bonds. The lowest BCUT2D eigenvalue weighted by molar-refractivity contribution is -0.111. The quantitative estimate of drug-likeness (QED) is 0.167. The first kappa shape index (κ1) is 20.7. The predicted octanol–water partition coefficient (Wildman–Crippen LogP) is 7.18. The molecule has 21 heavy (non-hydrogen) atoms. The number of carbonyl (C=O) groups is 1. The number of unbranched alkanes of at least 4 members (excludes halogenated alkanes) is 12. The van der Waals surface area contributed by atoms with Crippen LogP contribution in [0.15, 0.2) is 12.2 Å². The summed E-state index contributed by atoms with van der Waals surface area (Å²) in [6.07, 6.45) is 23.4. The fraction of sp³-hybridized carbons (Fsp3) is 0.842. The molecule has 1 nitrogen and oxygen atoms in total. The lowest BCUT2D eigenvalue weighted by Crippen LogP contribution is -1.86. The van der Waals surface area contributed by atoms with Crippen LogP contribution in [0, 0.1) is 0 Å². The summed E-state index contributed by atoms with van der Waals surface area (Å²) in [4.78, 5) is 10.6. The van der Waals surface area contributed by atoms with Gasteiger partial charge in [-0.25, -0.2) is 0 Å². The minimum absolute atomic E-state index is 0.184. The topological polar surface area (TPSA) is 17.1 Å². The van der Waals surface area contributed by atoms with Crippen LogP contribution in [0.25, 0.3) is 0 Å². The van der Waals surface area contributed by atoms with Crippen molar-refractivity contribution in [2.75, 3.05) is 0 Å². The average Bonchev–Trinajstić information content (AvgIpc) is 2.46. The number of carbonyl (C=O) groups excluding carboxylic acids is 1. The third kappa shape index (κ3) is 19.7. The summed E-state index contributed by atoms with van der Waals surface area (Å²) >= 11 is 5.30. The molecule has 0 saturated heterocycles. The van der Waals surface area contributed by atoms with Crippen LogP contribution in [0.3, 0.4) is 0 Å². The van der Waals surface area contributed by atoms with Gasteiger partial charge in [-0.3, -0.25) is 4.79 Å². The highest BCUT2D eigenvalue weighted by atomic mass is 35.5. The monoisotopic (exact) mass is 314 g/mol. The molecule has 0 atom stereocenters. The molecule has 124 valence electrons. The Bertz CT molecular complexity index is 248. The van der Waals surface area contributed by atoms with Gasteiger partial charge in [0.2, 0.25) is 5.24 Å². The summed E-state index contributed by atoms with van der Waals surface area (Å²) in [6.45, 7) is 2.19. The molecule has 0 aliphatic heterocycles. The van der Waals surface area contributed by atoms with E-state index in [4.69, 9.17) is 11.6 Å². The van der Waals surface area contributed by atoms with Crippen LogP contribution in [0.1, 0.15) is 103 Å². The lowest BCUT2D eigenvalue weighted by atomic mass is 10.0. The predicted molar refractivity (Wildman–Crippen MR) is 94.9 cm³/mol. The van der Waals surface area contributed by atoms with Crippen LogP contribution in [0.4, 0.5) is 0 Å². The zero-order valence-electron chi connectivity index (χ0n) is 14.0. The van der Waals surface area contributed by atoms with Crippen molar-refractivity contribution in [3.05, 3.63) is 12.2 Å². The maximum atomic E-state index is 10.6. The average molecular weight is 315 g/mol. The van der Waals surface area contributed by atoms with Crippen molar-refractivity contribution in [2.24, 2.45) is 0 Å². The largest absolute Gasteiger partial charge is 0.281 e. The Morgan fingerprint density at radius 3 is 1.57 bits per heavy atom. The third-order valence-corrected chi connectivity index (χ3v) is 4.09. The molecule has 0 fully saturated rings. The zero-order valence-corrected chi connectivity index (χ0v) is 14.8. The Hall–Kier alpha value is -0.300. The van der Waals surface area contributed by atoms with E-state index < -0.39 is 0 Å². The zero-order chi connectivity index (χ0) is 15.6. The Kier molecular flexibility index (Phi) is 17.5. The number of allylic oxidation sites excluding steroid dienone is 2. The van der Waals surface area contributed by atoms with Crippen molar-refractivity contribution < 1.29 is 4.79 Å². The van der Waals surface area contributed by atoms with E-state index in [1.54, 1.807) is 0 Å². The van der Waals surface area contributed by atoms with Gasteiger partial charge in [0, 0.05) is 6.42 Å². The summed E-state index contributed by atoms with van der Waals surface area (Å²) in [7, 11) is 0. The van der Waals surface area contributed by atoms with E-state index in [0.29, 0.717) is 6.42 Å². The molecule has 0 aromatic carbocycles. The minimum atomic E-state index is -0.184. The van der Waals surface area contributed by atoms with Crippen LogP contribution in [0.5, 0.6) is 0 Å². The SMILES string of the molecule is CC/C=C/CCCCCCCCCCCCCCC(=O)Cl. The summed E-state index contributed by atoms with van der Waals surface area (Å²) < 4.78 is 0. The standard InChI is InChI=1S/C19H35ClO/c1-2-3-4-5-6-7-8-9-10-11-12-13-14-15-16-17-18-19(20)21/h3-4H,2,5-18H2,1H3/b4-3+. The van der Waals surface area contributed by atoms with Crippen molar-refractivity contribution in [3.63, 3.8) is 0 Å². The molecule has 0 N–H and O–H groups in total. The van der Waals surface area contributed by atoms with Crippen molar-refractivity contribution in [1.29, 1.82) is 0 Å². The molecular weight excluding hydrogens is 280 g/mol. The molecule has 0 spiro atoms. The highest BCUT2D eigenvalue weighted by Crippen LogP contribution is 2.13. The minimum Gasteiger partial charge on any atom is -0.281 e. The van der Waals surface area contributed by atoms with Gasteiger partial charge in [-0.15, -0.1) is 0 Å². The van der Waals surface area contributed by atoms with Gasteiger partial charge in [-0.05, 0) is 37.3 Å². The lowest BCUT2D eigenvalue weighted by Gasteiger charge is -2.02. The maximum Gasteiger partial charge on any atom is 0.221 e. The molecule has 0 radical (unpaired) electrons. The summed E-state index contributed by atoms with van der Waals surface area (Å²) in [5.41, 5.74) is 0. The summed E-state index contributed by atoms with van der Waals surface area (Å²) in [6, 6.07) is 0. The van der Waals surface area contributed by atoms with Crippen molar-refractivity contribution in [1.82, 2.24) is 0 Å². The van der Waals surface area contributed by atoms with E-state index in [1.807, 2.05) is 0 Å².